The fourth-order valence-electron chi connectivity index (χ4n) is 2.00. The molecular formula is C15H11FN2O4. The van der Waals surface area contributed by atoms with Crippen LogP contribution in [0.1, 0.15) is 11.9 Å². The molecule has 7 heteroatoms. The first-order valence-corrected chi connectivity index (χ1v) is 6.33. The van der Waals surface area contributed by atoms with Crippen LogP contribution in [0.15, 0.2) is 47.0 Å². The average molecular weight is 302 g/mol. The summed E-state index contributed by atoms with van der Waals surface area (Å²) >= 11 is 0. The Hall–Kier alpha value is -2.77. The zero-order chi connectivity index (χ0) is 15.7. The van der Waals surface area contributed by atoms with E-state index in [1.165, 1.54) is 30.3 Å². The summed E-state index contributed by atoms with van der Waals surface area (Å²) in [6.07, 6.45) is -1.75. The van der Waals surface area contributed by atoms with Crippen molar-refractivity contribution in [3.63, 3.8) is 0 Å². The lowest BCUT2D eigenvalue weighted by Crippen LogP contribution is -1.95. The van der Waals surface area contributed by atoms with Gasteiger partial charge in [0.15, 0.2) is 6.29 Å². The zero-order valence-corrected chi connectivity index (χ0v) is 11.1. The first-order valence-electron chi connectivity index (χ1n) is 6.33. The maximum absolute atomic E-state index is 13.7. The highest BCUT2D eigenvalue weighted by atomic mass is 19.1. The van der Waals surface area contributed by atoms with Crippen molar-refractivity contribution in [2.24, 2.45) is 0 Å². The van der Waals surface area contributed by atoms with Gasteiger partial charge in [-0.1, -0.05) is 17.3 Å². The summed E-state index contributed by atoms with van der Waals surface area (Å²) in [6.45, 7) is 0. The molecule has 0 spiro atoms. The number of aliphatic hydroxyl groups is 2. The molecule has 3 aromatic rings. The third-order valence-electron chi connectivity index (χ3n) is 3.03. The lowest BCUT2D eigenvalue weighted by molar-refractivity contribution is -0.0425. The van der Waals surface area contributed by atoms with Crippen LogP contribution in [0, 0.1) is 5.82 Å². The van der Waals surface area contributed by atoms with Gasteiger partial charge in [-0.3, -0.25) is 0 Å². The van der Waals surface area contributed by atoms with Gasteiger partial charge in [0.25, 0.3) is 5.89 Å². The standard InChI is InChI=1S/C15H11FN2O4/c16-12-4-2-1-3-11(12)14-17-13(18-22-14)8-5-9(15(20)21)7-10(19)6-8/h1-7,15,19-21H. The molecule has 112 valence electrons. The van der Waals surface area contributed by atoms with Crippen molar-refractivity contribution in [3.8, 4) is 28.6 Å². The largest absolute Gasteiger partial charge is 0.508 e. The van der Waals surface area contributed by atoms with Crippen LogP contribution in [0.2, 0.25) is 0 Å². The van der Waals surface area contributed by atoms with E-state index in [4.69, 9.17) is 14.7 Å². The van der Waals surface area contributed by atoms with Crippen LogP contribution in [-0.2, 0) is 0 Å². The Morgan fingerprint density at radius 1 is 1.09 bits per heavy atom. The van der Waals surface area contributed by atoms with Crippen molar-refractivity contribution >= 4 is 0 Å². The Kier molecular flexibility index (Phi) is 3.58. The van der Waals surface area contributed by atoms with E-state index in [2.05, 4.69) is 10.1 Å². The summed E-state index contributed by atoms with van der Waals surface area (Å²) in [7, 11) is 0. The third-order valence-corrected chi connectivity index (χ3v) is 3.03. The van der Waals surface area contributed by atoms with Gasteiger partial charge in [-0.05, 0) is 30.3 Å². The fraction of sp³-hybridized carbons (Fsp3) is 0.0667. The second-order valence-electron chi connectivity index (χ2n) is 4.59. The Morgan fingerprint density at radius 3 is 2.59 bits per heavy atom. The van der Waals surface area contributed by atoms with Crippen molar-refractivity contribution in [1.29, 1.82) is 0 Å². The van der Waals surface area contributed by atoms with Gasteiger partial charge < -0.3 is 19.8 Å². The van der Waals surface area contributed by atoms with Crippen molar-refractivity contribution in [3.05, 3.63) is 53.8 Å². The molecule has 1 aromatic heterocycles. The minimum Gasteiger partial charge on any atom is -0.508 e. The van der Waals surface area contributed by atoms with Crippen molar-refractivity contribution in [2.75, 3.05) is 0 Å². The molecular weight excluding hydrogens is 291 g/mol. The number of rotatable bonds is 3. The third kappa shape index (κ3) is 2.67. The number of phenols is 1. The second kappa shape index (κ2) is 5.55. The summed E-state index contributed by atoms with van der Waals surface area (Å²) in [6, 6.07) is 9.87. The molecule has 0 saturated heterocycles. The molecule has 22 heavy (non-hydrogen) atoms. The van der Waals surface area contributed by atoms with Crippen LogP contribution in [0.4, 0.5) is 4.39 Å². The maximum Gasteiger partial charge on any atom is 0.261 e. The second-order valence-corrected chi connectivity index (χ2v) is 4.59. The molecule has 3 N–H and O–H groups in total. The van der Waals surface area contributed by atoms with E-state index in [9.17, 15) is 9.50 Å². The molecule has 0 aliphatic carbocycles. The molecule has 0 bridgehead atoms. The highest BCUT2D eigenvalue weighted by Crippen LogP contribution is 2.28. The molecule has 0 aliphatic rings. The van der Waals surface area contributed by atoms with Crippen LogP contribution < -0.4 is 0 Å². The highest BCUT2D eigenvalue weighted by Gasteiger charge is 2.15. The quantitative estimate of drug-likeness (QED) is 0.642. The van der Waals surface area contributed by atoms with Gasteiger partial charge in [-0.15, -0.1) is 0 Å². The number of aromatic nitrogens is 2. The molecule has 0 saturated carbocycles. The van der Waals surface area contributed by atoms with Gasteiger partial charge in [0.2, 0.25) is 5.82 Å². The van der Waals surface area contributed by atoms with E-state index in [-0.39, 0.29) is 28.6 Å². The van der Waals surface area contributed by atoms with E-state index < -0.39 is 12.1 Å². The molecule has 2 aromatic carbocycles. The molecule has 0 fully saturated rings. The zero-order valence-electron chi connectivity index (χ0n) is 11.1. The molecule has 3 rings (SSSR count). The van der Waals surface area contributed by atoms with Crippen LogP contribution in [0.3, 0.4) is 0 Å². The minimum atomic E-state index is -1.75. The average Bonchev–Trinajstić information content (AvgIpc) is 2.96. The molecule has 0 atom stereocenters. The van der Waals surface area contributed by atoms with Crippen LogP contribution >= 0.6 is 0 Å². The Bertz CT molecular complexity index is 817. The predicted molar refractivity (Wildman–Crippen MR) is 74.0 cm³/mol. The molecule has 0 radical (unpaired) electrons. The number of hydrogen-bond donors (Lipinski definition) is 3. The Labute approximate surface area is 124 Å². The van der Waals surface area contributed by atoms with Gasteiger partial charge >= 0.3 is 0 Å². The van der Waals surface area contributed by atoms with E-state index in [0.717, 1.165) is 0 Å². The highest BCUT2D eigenvalue weighted by molar-refractivity contribution is 5.62. The summed E-state index contributed by atoms with van der Waals surface area (Å²) < 4.78 is 18.7. The van der Waals surface area contributed by atoms with Crippen LogP contribution in [0.5, 0.6) is 5.75 Å². The summed E-state index contributed by atoms with van der Waals surface area (Å²) in [4.78, 5) is 4.06. The smallest absolute Gasteiger partial charge is 0.261 e. The van der Waals surface area contributed by atoms with Gasteiger partial charge in [-0.25, -0.2) is 4.39 Å². The molecule has 6 nitrogen and oxygen atoms in total. The fourth-order valence-corrected chi connectivity index (χ4v) is 2.00. The Balaban J connectivity index is 2.03. The van der Waals surface area contributed by atoms with Gasteiger partial charge in [-0.2, -0.15) is 4.98 Å². The van der Waals surface area contributed by atoms with E-state index in [0.29, 0.717) is 5.56 Å². The summed E-state index contributed by atoms with van der Waals surface area (Å²) in [5.41, 5.74) is 0.547. The lowest BCUT2D eigenvalue weighted by atomic mass is 10.1. The number of aliphatic hydroxyl groups excluding tert-OH is 1. The number of halogens is 1. The topological polar surface area (TPSA) is 99.6 Å². The maximum atomic E-state index is 13.7. The Morgan fingerprint density at radius 2 is 1.86 bits per heavy atom. The number of aromatic hydroxyl groups is 1. The lowest BCUT2D eigenvalue weighted by Gasteiger charge is -2.05. The number of phenolic OH excluding ortho intramolecular Hbond substituents is 1. The molecule has 0 unspecified atom stereocenters. The van der Waals surface area contributed by atoms with Crippen molar-refractivity contribution in [1.82, 2.24) is 10.1 Å². The summed E-state index contributed by atoms with van der Waals surface area (Å²) in [5.74, 6) is -0.600. The van der Waals surface area contributed by atoms with Crippen LogP contribution in [-0.4, -0.2) is 25.5 Å². The molecule has 0 amide bonds. The van der Waals surface area contributed by atoms with E-state index in [1.54, 1.807) is 12.1 Å². The van der Waals surface area contributed by atoms with Crippen molar-refractivity contribution < 1.29 is 24.2 Å². The minimum absolute atomic E-state index is 0.0115. The van der Waals surface area contributed by atoms with Crippen molar-refractivity contribution in [2.45, 2.75) is 6.29 Å². The van der Waals surface area contributed by atoms with E-state index >= 15 is 0 Å². The SMILES string of the molecule is Oc1cc(-c2noc(-c3ccccc3F)n2)cc(C(O)O)c1. The van der Waals surface area contributed by atoms with Gasteiger partial charge in [0.1, 0.15) is 11.6 Å². The number of nitrogens with zero attached hydrogens (tertiary/aromatic N) is 2. The monoisotopic (exact) mass is 302 g/mol. The van der Waals surface area contributed by atoms with Gasteiger partial charge in [0, 0.05) is 11.1 Å². The molecule has 1 heterocycles. The number of hydrogen-bond acceptors (Lipinski definition) is 6. The first-order chi connectivity index (χ1) is 10.5. The first kappa shape index (κ1) is 14.2. The van der Waals surface area contributed by atoms with E-state index in [1.807, 2.05) is 0 Å². The van der Waals surface area contributed by atoms with Crippen LogP contribution in [0.25, 0.3) is 22.8 Å². The molecule has 0 aliphatic heterocycles. The summed E-state index contributed by atoms with van der Waals surface area (Å²) in [5, 5.41) is 31.7. The number of benzene rings is 2. The normalized spacial score (nSPS) is 11.1. The van der Waals surface area contributed by atoms with Gasteiger partial charge in [0.05, 0.1) is 5.56 Å². The predicted octanol–water partition coefficient (Wildman–Crippen LogP) is 2.23.